The van der Waals surface area contributed by atoms with Gasteiger partial charge in [-0.05, 0) is 18.6 Å². The molecule has 0 aliphatic heterocycles. The highest BCUT2D eigenvalue weighted by Gasteiger charge is 2.09. The molecule has 0 atom stereocenters. The molecule has 0 aromatic carbocycles. The van der Waals surface area contributed by atoms with Gasteiger partial charge in [-0.2, -0.15) is 0 Å². The molecule has 0 saturated heterocycles. The average molecular weight is 295 g/mol. The van der Waals surface area contributed by atoms with Crippen LogP contribution in [0.1, 0.15) is 31.3 Å². The van der Waals surface area contributed by atoms with E-state index < -0.39 is 0 Å². The lowest BCUT2D eigenvalue weighted by Crippen LogP contribution is -2.03. The van der Waals surface area contributed by atoms with E-state index in [2.05, 4.69) is 27.2 Å². The van der Waals surface area contributed by atoms with Crippen molar-refractivity contribution in [1.29, 1.82) is 0 Å². The van der Waals surface area contributed by atoms with Gasteiger partial charge in [0.05, 0.1) is 25.0 Å². The summed E-state index contributed by atoms with van der Waals surface area (Å²) in [5.41, 5.74) is 1.71. The summed E-state index contributed by atoms with van der Waals surface area (Å²) in [7, 11) is 1.60. The van der Waals surface area contributed by atoms with Crippen LogP contribution in [0.2, 0.25) is 5.15 Å². The predicted octanol–water partition coefficient (Wildman–Crippen LogP) is 3.42. The Balaban J connectivity index is 2.01. The van der Waals surface area contributed by atoms with Gasteiger partial charge >= 0.3 is 0 Å². The van der Waals surface area contributed by atoms with E-state index in [0.717, 1.165) is 36.5 Å². The zero-order chi connectivity index (χ0) is 14.4. The number of hydrogen-bond donors (Lipinski definition) is 2. The lowest BCUT2D eigenvalue weighted by molar-refractivity contribution is 0.399. The smallest absolute Gasteiger partial charge is 0.237 e. The SMILES string of the molecule is CCCCc1nc(Cl)c(CNc2cccnc2OC)[nH]1. The summed E-state index contributed by atoms with van der Waals surface area (Å²) < 4.78 is 5.19. The van der Waals surface area contributed by atoms with Crippen LogP contribution in [0.5, 0.6) is 5.88 Å². The van der Waals surface area contributed by atoms with Crippen molar-refractivity contribution in [3.8, 4) is 5.88 Å². The number of ether oxygens (including phenoxy) is 1. The van der Waals surface area contributed by atoms with Crippen LogP contribution >= 0.6 is 11.6 Å². The second kappa shape index (κ2) is 7.14. The first-order chi connectivity index (χ1) is 9.74. The highest BCUT2D eigenvalue weighted by Crippen LogP contribution is 2.22. The third-order valence-corrected chi connectivity index (χ3v) is 3.28. The zero-order valence-corrected chi connectivity index (χ0v) is 12.5. The fraction of sp³-hybridized carbons (Fsp3) is 0.429. The van der Waals surface area contributed by atoms with Gasteiger partial charge in [-0.3, -0.25) is 0 Å². The summed E-state index contributed by atoms with van der Waals surface area (Å²) in [4.78, 5) is 11.7. The van der Waals surface area contributed by atoms with Gasteiger partial charge in [0.2, 0.25) is 5.88 Å². The molecule has 0 radical (unpaired) electrons. The molecule has 108 valence electrons. The largest absolute Gasteiger partial charge is 0.480 e. The molecule has 0 aliphatic rings. The fourth-order valence-electron chi connectivity index (χ4n) is 1.89. The molecule has 0 spiro atoms. The molecule has 0 fully saturated rings. The van der Waals surface area contributed by atoms with Gasteiger partial charge in [0, 0.05) is 12.6 Å². The fourth-order valence-corrected chi connectivity index (χ4v) is 2.11. The Bertz CT molecular complexity index is 556. The van der Waals surface area contributed by atoms with Crippen molar-refractivity contribution in [3.63, 3.8) is 0 Å². The van der Waals surface area contributed by atoms with Crippen LogP contribution in [0.4, 0.5) is 5.69 Å². The number of H-pyrrole nitrogens is 1. The average Bonchev–Trinajstić information content (AvgIpc) is 2.83. The lowest BCUT2D eigenvalue weighted by Gasteiger charge is -2.08. The maximum absolute atomic E-state index is 6.13. The molecule has 6 heteroatoms. The van der Waals surface area contributed by atoms with Crippen molar-refractivity contribution >= 4 is 17.3 Å². The molecule has 2 heterocycles. The third-order valence-electron chi connectivity index (χ3n) is 2.96. The molecular formula is C14H19ClN4O. The minimum Gasteiger partial charge on any atom is -0.480 e. The van der Waals surface area contributed by atoms with Gasteiger partial charge in [-0.25, -0.2) is 9.97 Å². The monoisotopic (exact) mass is 294 g/mol. The first-order valence-electron chi connectivity index (χ1n) is 6.70. The van der Waals surface area contributed by atoms with E-state index in [9.17, 15) is 0 Å². The number of nitrogens with zero attached hydrogens (tertiary/aromatic N) is 2. The van der Waals surface area contributed by atoms with E-state index in [4.69, 9.17) is 16.3 Å². The second-order valence-electron chi connectivity index (χ2n) is 4.47. The number of aromatic amines is 1. The third kappa shape index (κ3) is 3.63. The summed E-state index contributed by atoms with van der Waals surface area (Å²) in [6.07, 6.45) is 4.86. The standard InChI is InChI=1S/C14H19ClN4O/c1-3-4-7-12-18-11(13(15)19-12)9-17-10-6-5-8-16-14(10)20-2/h5-6,8,17H,3-4,7,9H2,1-2H3,(H,18,19). The van der Waals surface area contributed by atoms with Crippen LogP contribution in [0.25, 0.3) is 0 Å². The minimum atomic E-state index is 0.520. The topological polar surface area (TPSA) is 62.8 Å². The van der Waals surface area contributed by atoms with Gasteiger partial charge in [0.25, 0.3) is 0 Å². The number of aryl methyl sites for hydroxylation is 1. The lowest BCUT2D eigenvalue weighted by atomic mass is 10.2. The molecule has 2 N–H and O–H groups in total. The van der Waals surface area contributed by atoms with Crippen LogP contribution in [0, 0.1) is 0 Å². The van der Waals surface area contributed by atoms with Gasteiger partial charge in [0.15, 0.2) is 5.15 Å². The summed E-state index contributed by atoms with van der Waals surface area (Å²) in [5, 5.41) is 3.77. The molecule has 2 rings (SSSR count). The quantitative estimate of drug-likeness (QED) is 0.821. The molecule has 0 unspecified atom stereocenters. The second-order valence-corrected chi connectivity index (χ2v) is 4.83. The summed E-state index contributed by atoms with van der Waals surface area (Å²) in [6, 6.07) is 3.76. The van der Waals surface area contributed by atoms with E-state index >= 15 is 0 Å². The molecule has 0 amide bonds. The molecule has 0 aliphatic carbocycles. The molecule has 2 aromatic rings. The van der Waals surface area contributed by atoms with Gasteiger partial charge in [0.1, 0.15) is 5.82 Å². The number of rotatable bonds is 7. The van der Waals surface area contributed by atoms with Gasteiger partial charge in [-0.15, -0.1) is 0 Å². The Kier molecular flexibility index (Phi) is 5.24. The first kappa shape index (κ1) is 14.7. The Morgan fingerprint density at radius 1 is 1.45 bits per heavy atom. The molecule has 2 aromatic heterocycles. The van der Waals surface area contributed by atoms with E-state index in [0.29, 0.717) is 17.6 Å². The van der Waals surface area contributed by atoms with Crippen molar-refractivity contribution in [2.24, 2.45) is 0 Å². The summed E-state index contributed by atoms with van der Waals surface area (Å²) >= 11 is 6.13. The number of pyridine rings is 1. The maximum Gasteiger partial charge on any atom is 0.237 e. The number of unbranched alkanes of at least 4 members (excludes halogenated alkanes) is 1. The molecule has 0 saturated carbocycles. The summed E-state index contributed by atoms with van der Waals surface area (Å²) in [5.74, 6) is 1.50. The molecular weight excluding hydrogens is 276 g/mol. The predicted molar refractivity (Wildman–Crippen MR) is 80.3 cm³/mol. The van der Waals surface area contributed by atoms with Gasteiger partial charge in [-0.1, -0.05) is 24.9 Å². The zero-order valence-electron chi connectivity index (χ0n) is 11.7. The van der Waals surface area contributed by atoms with E-state index in [1.54, 1.807) is 13.3 Å². The first-order valence-corrected chi connectivity index (χ1v) is 7.08. The highest BCUT2D eigenvalue weighted by molar-refractivity contribution is 6.30. The maximum atomic E-state index is 6.13. The number of hydrogen-bond acceptors (Lipinski definition) is 4. The van der Waals surface area contributed by atoms with E-state index in [1.165, 1.54) is 0 Å². The number of imidazole rings is 1. The minimum absolute atomic E-state index is 0.520. The van der Waals surface area contributed by atoms with Crippen LogP contribution in [0.15, 0.2) is 18.3 Å². The van der Waals surface area contributed by atoms with Crippen LogP contribution in [-0.2, 0) is 13.0 Å². The van der Waals surface area contributed by atoms with Crippen LogP contribution in [0.3, 0.4) is 0 Å². The number of anilines is 1. The normalized spacial score (nSPS) is 10.6. The van der Waals surface area contributed by atoms with Gasteiger partial charge < -0.3 is 15.0 Å². The Morgan fingerprint density at radius 2 is 2.30 bits per heavy atom. The number of methoxy groups -OCH3 is 1. The number of halogens is 1. The highest BCUT2D eigenvalue weighted by atomic mass is 35.5. The van der Waals surface area contributed by atoms with Crippen molar-refractivity contribution in [2.45, 2.75) is 32.7 Å². The van der Waals surface area contributed by atoms with Crippen molar-refractivity contribution in [2.75, 3.05) is 12.4 Å². The number of nitrogens with one attached hydrogen (secondary N) is 2. The van der Waals surface area contributed by atoms with Crippen molar-refractivity contribution in [1.82, 2.24) is 15.0 Å². The Morgan fingerprint density at radius 3 is 3.05 bits per heavy atom. The van der Waals surface area contributed by atoms with E-state index in [1.807, 2.05) is 12.1 Å². The molecule has 20 heavy (non-hydrogen) atoms. The van der Waals surface area contributed by atoms with Crippen molar-refractivity contribution < 1.29 is 4.74 Å². The number of aromatic nitrogens is 3. The van der Waals surface area contributed by atoms with E-state index in [-0.39, 0.29) is 0 Å². The van der Waals surface area contributed by atoms with Crippen LogP contribution < -0.4 is 10.1 Å². The molecule has 0 bridgehead atoms. The van der Waals surface area contributed by atoms with Crippen LogP contribution in [-0.4, -0.2) is 22.1 Å². The van der Waals surface area contributed by atoms with Crippen molar-refractivity contribution in [3.05, 3.63) is 35.0 Å². The molecule has 5 nitrogen and oxygen atoms in total. The Labute approximate surface area is 123 Å². The Hall–Kier alpha value is -1.75. The summed E-state index contributed by atoms with van der Waals surface area (Å²) in [6.45, 7) is 2.71.